The molecule has 4 heteroatoms. The van der Waals surface area contributed by atoms with Gasteiger partial charge >= 0.3 is 0 Å². The molecule has 1 aliphatic rings. The van der Waals surface area contributed by atoms with Crippen molar-refractivity contribution in [2.24, 2.45) is 5.92 Å². The summed E-state index contributed by atoms with van der Waals surface area (Å²) in [6, 6.07) is 4.93. The molecule has 0 bridgehead atoms. The van der Waals surface area contributed by atoms with Crippen molar-refractivity contribution < 1.29 is 4.74 Å². The summed E-state index contributed by atoms with van der Waals surface area (Å²) in [5, 5.41) is 3.67. The summed E-state index contributed by atoms with van der Waals surface area (Å²) in [6.07, 6.45) is 5.32. The Morgan fingerprint density at radius 1 is 1.16 bits per heavy atom. The second-order valence-corrected chi connectivity index (χ2v) is 7.14. The van der Waals surface area contributed by atoms with Crippen LogP contribution in [-0.2, 0) is 6.54 Å². The fourth-order valence-electron chi connectivity index (χ4n) is 2.64. The zero-order chi connectivity index (χ0) is 13.8. The van der Waals surface area contributed by atoms with E-state index in [9.17, 15) is 0 Å². The normalized spacial score (nSPS) is 23.4. The van der Waals surface area contributed by atoms with Gasteiger partial charge in [0.2, 0.25) is 0 Å². The first-order chi connectivity index (χ1) is 9.10. The first kappa shape index (κ1) is 15.3. The molecule has 0 aromatic heterocycles. The average Bonchev–Trinajstić information content (AvgIpc) is 2.38. The Morgan fingerprint density at radius 3 is 2.26 bits per heavy atom. The van der Waals surface area contributed by atoms with Gasteiger partial charge in [-0.3, -0.25) is 0 Å². The van der Waals surface area contributed by atoms with E-state index in [1.54, 1.807) is 7.11 Å². The van der Waals surface area contributed by atoms with Crippen molar-refractivity contribution in [3.8, 4) is 5.75 Å². The van der Waals surface area contributed by atoms with Crippen LogP contribution >= 0.6 is 31.9 Å². The predicted molar refractivity (Wildman–Crippen MR) is 86.7 cm³/mol. The Labute approximate surface area is 132 Å². The minimum Gasteiger partial charge on any atom is -0.494 e. The molecule has 1 aromatic rings. The van der Waals surface area contributed by atoms with Gasteiger partial charge in [-0.05, 0) is 81.2 Å². The van der Waals surface area contributed by atoms with Crippen molar-refractivity contribution in [1.29, 1.82) is 0 Å². The first-order valence-corrected chi connectivity index (χ1v) is 8.44. The van der Waals surface area contributed by atoms with Crippen LogP contribution < -0.4 is 10.1 Å². The molecular formula is C15H21Br2NO. The molecule has 0 unspecified atom stereocenters. The largest absolute Gasteiger partial charge is 0.494 e. The molecule has 0 atom stereocenters. The topological polar surface area (TPSA) is 21.3 Å². The smallest absolute Gasteiger partial charge is 0.147 e. The van der Waals surface area contributed by atoms with E-state index in [4.69, 9.17) is 4.74 Å². The van der Waals surface area contributed by atoms with Gasteiger partial charge in [0.1, 0.15) is 5.75 Å². The molecule has 2 rings (SSSR count). The van der Waals surface area contributed by atoms with Gasteiger partial charge in [-0.2, -0.15) is 0 Å². The number of methoxy groups -OCH3 is 1. The second-order valence-electron chi connectivity index (χ2n) is 5.43. The number of hydrogen-bond donors (Lipinski definition) is 1. The fraction of sp³-hybridized carbons (Fsp3) is 0.600. The second kappa shape index (κ2) is 7.09. The molecule has 0 aliphatic heterocycles. The van der Waals surface area contributed by atoms with Gasteiger partial charge in [0, 0.05) is 12.6 Å². The number of halogens is 2. The Kier molecular flexibility index (Phi) is 5.72. The van der Waals surface area contributed by atoms with Gasteiger partial charge in [0.05, 0.1) is 16.1 Å². The maximum atomic E-state index is 5.32. The molecule has 1 aliphatic carbocycles. The van der Waals surface area contributed by atoms with Gasteiger partial charge in [-0.1, -0.05) is 6.92 Å². The van der Waals surface area contributed by atoms with E-state index in [2.05, 4.69) is 56.2 Å². The summed E-state index contributed by atoms with van der Waals surface area (Å²) in [4.78, 5) is 0. The van der Waals surface area contributed by atoms with E-state index >= 15 is 0 Å². The zero-order valence-electron chi connectivity index (χ0n) is 11.5. The fourth-order valence-corrected chi connectivity index (χ4v) is 4.24. The van der Waals surface area contributed by atoms with Crippen molar-refractivity contribution in [1.82, 2.24) is 5.32 Å². The molecule has 0 spiro atoms. The highest BCUT2D eigenvalue weighted by Crippen LogP contribution is 2.34. The quantitative estimate of drug-likeness (QED) is 0.790. The maximum Gasteiger partial charge on any atom is 0.147 e. The van der Waals surface area contributed by atoms with E-state index < -0.39 is 0 Å². The monoisotopic (exact) mass is 389 g/mol. The minimum atomic E-state index is 0.677. The molecule has 1 aromatic carbocycles. The number of rotatable bonds is 4. The highest BCUT2D eigenvalue weighted by Gasteiger charge is 2.17. The van der Waals surface area contributed by atoms with Crippen LogP contribution in [0.5, 0.6) is 5.75 Å². The third-order valence-electron chi connectivity index (χ3n) is 3.87. The molecular weight excluding hydrogens is 370 g/mol. The third-order valence-corrected chi connectivity index (χ3v) is 5.05. The maximum absolute atomic E-state index is 5.32. The lowest BCUT2D eigenvalue weighted by atomic mass is 9.87. The van der Waals surface area contributed by atoms with E-state index in [0.29, 0.717) is 6.04 Å². The SMILES string of the molecule is COc1c(Br)cc(CNC2CCC(C)CC2)cc1Br. The predicted octanol–water partition coefficient (Wildman–Crippen LogP) is 4.89. The van der Waals surface area contributed by atoms with Crippen molar-refractivity contribution in [3.05, 3.63) is 26.6 Å². The van der Waals surface area contributed by atoms with Crippen LogP contribution in [0.4, 0.5) is 0 Å². The Balaban J connectivity index is 1.93. The van der Waals surface area contributed by atoms with E-state index in [1.165, 1.54) is 31.2 Å². The lowest BCUT2D eigenvalue weighted by Gasteiger charge is -2.27. The van der Waals surface area contributed by atoms with Gasteiger partial charge in [-0.15, -0.1) is 0 Å². The van der Waals surface area contributed by atoms with E-state index in [1.807, 2.05) is 0 Å². The summed E-state index contributed by atoms with van der Waals surface area (Å²) in [5.74, 6) is 1.76. The summed E-state index contributed by atoms with van der Waals surface area (Å²) in [5.41, 5.74) is 1.28. The summed E-state index contributed by atoms with van der Waals surface area (Å²) >= 11 is 7.10. The number of benzene rings is 1. The summed E-state index contributed by atoms with van der Waals surface area (Å²) in [7, 11) is 1.69. The summed E-state index contributed by atoms with van der Waals surface area (Å²) < 4.78 is 7.32. The minimum absolute atomic E-state index is 0.677. The Morgan fingerprint density at radius 2 is 1.74 bits per heavy atom. The lowest BCUT2D eigenvalue weighted by molar-refractivity contribution is 0.306. The van der Waals surface area contributed by atoms with Crippen LogP contribution in [0.3, 0.4) is 0 Å². The molecule has 0 radical (unpaired) electrons. The van der Waals surface area contributed by atoms with Crippen molar-refractivity contribution in [3.63, 3.8) is 0 Å². The van der Waals surface area contributed by atoms with Crippen LogP contribution in [0.2, 0.25) is 0 Å². The van der Waals surface area contributed by atoms with Crippen molar-refractivity contribution in [2.45, 2.75) is 45.2 Å². The first-order valence-electron chi connectivity index (χ1n) is 6.85. The molecule has 0 heterocycles. The highest BCUT2D eigenvalue weighted by molar-refractivity contribution is 9.11. The molecule has 0 amide bonds. The van der Waals surface area contributed by atoms with Gasteiger partial charge < -0.3 is 10.1 Å². The Hall–Kier alpha value is -0.0600. The van der Waals surface area contributed by atoms with Gasteiger partial charge in [0.15, 0.2) is 0 Å². The van der Waals surface area contributed by atoms with E-state index in [-0.39, 0.29) is 0 Å². The number of ether oxygens (including phenoxy) is 1. The molecule has 0 saturated heterocycles. The van der Waals surface area contributed by atoms with E-state index in [0.717, 1.165) is 27.2 Å². The van der Waals surface area contributed by atoms with Crippen molar-refractivity contribution >= 4 is 31.9 Å². The van der Waals surface area contributed by atoms with Crippen LogP contribution in [0, 0.1) is 5.92 Å². The third kappa shape index (κ3) is 4.20. The molecule has 2 nitrogen and oxygen atoms in total. The lowest BCUT2D eigenvalue weighted by Crippen LogP contribution is -2.32. The van der Waals surface area contributed by atoms with Gasteiger partial charge in [0.25, 0.3) is 0 Å². The van der Waals surface area contributed by atoms with Crippen LogP contribution in [-0.4, -0.2) is 13.2 Å². The average molecular weight is 391 g/mol. The standard InChI is InChI=1S/C15H21Br2NO/c1-10-3-5-12(6-4-10)18-9-11-7-13(16)15(19-2)14(17)8-11/h7-8,10,12,18H,3-6,9H2,1-2H3. The number of hydrogen-bond acceptors (Lipinski definition) is 2. The number of nitrogens with one attached hydrogen (secondary N) is 1. The van der Waals surface area contributed by atoms with Crippen LogP contribution in [0.15, 0.2) is 21.1 Å². The van der Waals surface area contributed by atoms with Gasteiger partial charge in [-0.25, -0.2) is 0 Å². The molecule has 106 valence electrons. The highest BCUT2D eigenvalue weighted by atomic mass is 79.9. The summed E-state index contributed by atoms with van der Waals surface area (Å²) in [6.45, 7) is 3.27. The molecule has 1 N–H and O–H groups in total. The van der Waals surface area contributed by atoms with Crippen LogP contribution in [0.1, 0.15) is 38.2 Å². The Bertz CT molecular complexity index is 405. The van der Waals surface area contributed by atoms with Crippen LogP contribution in [0.25, 0.3) is 0 Å². The van der Waals surface area contributed by atoms with Crippen molar-refractivity contribution in [2.75, 3.05) is 7.11 Å². The zero-order valence-corrected chi connectivity index (χ0v) is 14.7. The molecule has 1 saturated carbocycles. The molecule has 19 heavy (non-hydrogen) atoms. The molecule has 1 fully saturated rings.